The normalized spacial score (nSPS) is 22.1. The molecule has 220 valence electrons. The molecule has 1 unspecified atom stereocenters. The van der Waals surface area contributed by atoms with Crippen LogP contribution in [0.5, 0.6) is 0 Å². The van der Waals surface area contributed by atoms with Gasteiger partial charge < -0.3 is 41.6 Å². The molecule has 3 heterocycles. The third-order valence-electron chi connectivity index (χ3n) is 7.47. The van der Waals surface area contributed by atoms with Gasteiger partial charge in [0.15, 0.2) is 5.11 Å². The first-order valence-electron chi connectivity index (χ1n) is 14.6. The van der Waals surface area contributed by atoms with Crippen molar-refractivity contribution in [3.8, 4) is 0 Å². The number of allylic oxidation sites excluding steroid dienone is 2. The van der Waals surface area contributed by atoms with E-state index in [9.17, 15) is 4.79 Å². The molecule has 0 bridgehead atoms. The third kappa shape index (κ3) is 8.99. The zero-order valence-electron chi connectivity index (χ0n) is 24.1. The van der Waals surface area contributed by atoms with Crippen molar-refractivity contribution >= 4 is 29.6 Å². The van der Waals surface area contributed by atoms with E-state index in [0.29, 0.717) is 30.8 Å². The number of dihydropyridines is 1. The van der Waals surface area contributed by atoms with Crippen LogP contribution in [0.2, 0.25) is 0 Å². The van der Waals surface area contributed by atoms with Crippen LogP contribution in [0.4, 0.5) is 4.79 Å². The number of carbonyl (C=O) groups excluding carboxylic acids is 1. The maximum Gasteiger partial charge on any atom is 0.410 e. The van der Waals surface area contributed by atoms with Crippen LogP contribution in [0.25, 0.3) is 0 Å². The highest BCUT2D eigenvalue weighted by molar-refractivity contribution is 7.80. The molecule has 3 aliphatic heterocycles. The first-order valence-corrected chi connectivity index (χ1v) is 15.0. The number of nitrogens with zero attached hydrogens (tertiary/aromatic N) is 2. The quantitative estimate of drug-likeness (QED) is 0.141. The van der Waals surface area contributed by atoms with Gasteiger partial charge in [-0.3, -0.25) is 4.90 Å². The Morgan fingerprint density at radius 2 is 1.95 bits per heavy atom. The summed E-state index contributed by atoms with van der Waals surface area (Å²) in [5.41, 5.74) is 2.58. The number of nitrogens with one attached hydrogen (secondary N) is 6. The van der Waals surface area contributed by atoms with Gasteiger partial charge in [0.25, 0.3) is 0 Å². The zero-order chi connectivity index (χ0) is 28.5. The fraction of sp³-hybridized carbons (Fsp3) is 0.621. The molecule has 0 spiro atoms. The van der Waals surface area contributed by atoms with Crippen molar-refractivity contribution in [2.75, 3.05) is 45.8 Å². The first kappa shape index (κ1) is 29.9. The average Bonchev–Trinajstić information content (AvgIpc) is 3.42. The van der Waals surface area contributed by atoms with Gasteiger partial charge in [0.2, 0.25) is 0 Å². The summed E-state index contributed by atoms with van der Waals surface area (Å²) in [6, 6.07) is 0.466. The lowest BCUT2D eigenvalue weighted by molar-refractivity contribution is 0.0145. The summed E-state index contributed by atoms with van der Waals surface area (Å²) in [4.78, 5) is 16.4. The number of piperazine rings is 1. The lowest BCUT2D eigenvalue weighted by Gasteiger charge is -2.35. The fourth-order valence-electron chi connectivity index (χ4n) is 5.31. The summed E-state index contributed by atoms with van der Waals surface area (Å²) in [5, 5.41) is 25.7. The highest BCUT2D eigenvalue weighted by Gasteiger charge is 2.26. The minimum absolute atomic E-state index is 0.00627. The van der Waals surface area contributed by atoms with E-state index in [1.165, 1.54) is 31.9 Å². The molecule has 4 aliphatic rings. The van der Waals surface area contributed by atoms with Gasteiger partial charge in [0.05, 0.1) is 6.04 Å². The van der Waals surface area contributed by atoms with Gasteiger partial charge in [0.1, 0.15) is 11.4 Å². The van der Waals surface area contributed by atoms with Crippen LogP contribution in [-0.2, 0) is 4.74 Å². The van der Waals surface area contributed by atoms with Crippen molar-refractivity contribution in [1.29, 1.82) is 5.41 Å². The zero-order valence-corrected chi connectivity index (χ0v) is 25.0. The summed E-state index contributed by atoms with van der Waals surface area (Å²) in [6.45, 7) is 11.3. The molecular formula is C29H46N8O2S. The maximum absolute atomic E-state index is 12.3. The molecule has 10 nitrogen and oxygen atoms in total. The number of thiocarbonyl (C=S) groups is 1. The van der Waals surface area contributed by atoms with E-state index in [4.69, 9.17) is 22.4 Å². The van der Waals surface area contributed by atoms with Crippen LogP contribution in [0.3, 0.4) is 0 Å². The predicted molar refractivity (Wildman–Crippen MR) is 164 cm³/mol. The minimum Gasteiger partial charge on any atom is -0.444 e. The molecule has 2 fully saturated rings. The number of hydrogen-bond acceptors (Lipinski definition) is 8. The van der Waals surface area contributed by atoms with E-state index >= 15 is 0 Å². The topological polar surface area (TPSA) is 117 Å². The Morgan fingerprint density at radius 3 is 2.65 bits per heavy atom. The number of rotatable bonds is 9. The molecule has 4 rings (SSSR count). The molecule has 0 aromatic heterocycles. The Morgan fingerprint density at radius 1 is 1.20 bits per heavy atom. The summed E-state index contributed by atoms with van der Waals surface area (Å²) in [5.74, 6) is 0.869. The van der Waals surface area contributed by atoms with Crippen molar-refractivity contribution in [2.45, 2.75) is 70.6 Å². The van der Waals surface area contributed by atoms with E-state index in [1.807, 2.05) is 33.0 Å². The highest BCUT2D eigenvalue weighted by atomic mass is 32.1. The molecule has 6 N–H and O–H groups in total. The monoisotopic (exact) mass is 570 g/mol. The van der Waals surface area contributed by atoms with E-state index in [-0.39, 0.29) is 12.1 Å². The number of amides is 1. The second-order valence-electron chi connectivity index (χ2n) is 11.8. The first-order chi connectivity index (χ1) is 19.2. The molecule has 1 atom stereocenters. The van der Waals surface area contributed by atoms with Crippen LogP contribution >= 0.6 is 12.2 Å². The van der Waals surface area contributed by atoms with Crippen LogP contribution in [-0.4, -0.2) is 90.7 Å². The molecule has 0 radical (unpaired) electrons. The van der Waals surface area contributed by atoms with Gasteiger partial charge >= 0.3 is 6.09 Å². The van der Waals surface area contributed by atoms with Gasteiger partial charge in [-0.15, -0.1) is 0 Å². The van der Waals surface area contributed by atoms with Crippen molar-refractivity contribution in [3.63, 3.8) is 0 Å². The molecular weight excluding hydrogens is 524 g/mol. The number of fused-ring (bicyclic) bond motifs is 1. The minimum atomic E-state index is -0.463. The predicted octanol–water partition coefficient (Wildman–Crippen LogP) is 2.69. The Balaban J connectivity index is 1.18. The molecule has 1 saturated carbocycles. The van der Waals surface area contributed by atoms with Crippen molar-refractivity contribution < 1.29 is 9.53 Å². The maximum atomic E-state index is 12.3. The highest BCUT2D eigenvalue weighted by Crippen LogP contribution is 2.20. The molecule has 0 aromatic rings. The summed E-state index contributed by atoms with van der Waals surface area (Å²) < 4.78 is 5.48. The SMILES string of the molecule is CC(C)(C)OC(=O)N1CCN(CCCN/C=C(\C=N)C2=CC3NC(NC(=S)NC4CCCC4)=CC=C3NC2)CC1. The van der Waals surface area contributed by atoms with E-state index in [1.54, 1.807) is 4.90 Å². The second kappa shape index (κ2) is 14.0. The average molecular weight is 571 g/mol. The lowest BCUT2D eigenvalue weighted by atomic mass is 9.97. The Bertz CT molecular complexity index is 1050. The smallest absolute Gasteiger partial charge is 0.410 e. The standard InChI is InChI=1S/C29H46N8O2S/c1-29(2,3)39-28(38)37-15-13-36(14-16-37)12-6-11-31-19-22(18-30)21-17-25-24(32-20-21)9-10-26(34-25)35-27(40)33-23-7-4-5-8-23/h9-10,17-19,23,25,30-32,34H,4-8,11-16,20H2,1-3H3,(H2,33,35,40)/b22-19+,30-18?. The van der Waals surface area contributed by atoms with Crippen molar-refractivity contribution in [1.82, 2.24) is 36.4 Å². The largest absolute Gasteiger partial charge is 0.444 e. The summed E-state index contributed by atoms with van der Waals surface area (Å²) in [6.07, 6.45) is 15.2. The second-order valence-corrected chi connectivity index (χ2v) is 12.2. The van der Waals surface area contributed by atoms with E-state index in [0.717, 1.165) is 55.3 Å². The number of carbonyl (C=O) groups is 1. The van der Waals surface area contributed by atoms with Gasteiger partial charge in [-0.2, -0.15) is 0 Å². The molecule has 0 aromatic carbocycles. The molecule has 40 heavy (non-hydrogen) atoms. The van der Waals surface area contributed by atoms with Crippen LogP contribution in [0, 0.1) is 5.41 Å². The van der Waals surface area contributed by atoms with Gasteiger partial charge in [-0.05, 0) is 76.5 Å². The van der Waals surface area contributed by atoms with Crippen molar-refractivity contribution in [3.05, 3.63) is 47.1 Å². The molecule has 11 heteroatoms. The number of hydrogen-bond donors (Lipinski definition) is 6. The van der Waals surface area contributed by atoms with E-state index < -0.39 is 5.60 Å². The van der Waals surface area contributed by atoms with Crippen LogP contribution < -0.4 is 26.6 Å². The fourth-order valence-corrected chi connectivity index (χ4v) is 5.59. The lowest BCUT2D eigenvalue weighted by Crippen LogP contribution is -2.50. The Hall–Kier alpha value is -3.05. The number of ether oxygens (including phenoxy) is 1. The third-order valence-corrected chi connectivity index (χ3v) is 7.69. The summed E-state index contributed by atoms with van der Waals surface area (Å²) >= 11 is 5.52. The van der Waals surface area contributed by atoms with Crippen LogP contribution in [0.1, 0.15) is 52.9 Å². The summed E-state index contributed by atoms with van der Waals surface area (Å²) in [7, 11) is 0. The van der Waals surface area contributed by atoms with Gasteiger partial charge in [-0.25, -0.2) is 4.79 Å². The molecule has 1 aliphatic carbocycles. The van der Waals surface area contributed by atoms with Gasteiger partial charge in [0, 0.05) is 69.0 Å². The van der Waals surface area contributed by atoms with Gasteiger partial charge in [-0.1, -0.05) is 18.9 Å². The van der Waals surface area contributed by atoms with Crippen molar-refractivity contribution in [2.24, 2.45) is 0 Å². The molecule has 1 amide bonds. The van der Waals surface area contributed by atoms with E-state index in [2.05, 4.69) is 43.6 Å². The Labute approximate surface area is 244 Å². The molecule has 1 saturated heterocycles. The van der Waals surface area contributed by atoms with Crippen LogP contribution in [0.15, 0.2) is 47.1 Å². The Kier molecular flexibility index (Phi) is 10.5.